The third-order valence-corrected chi connectivity index (χ3v) is 4.25. The van der Waals surface area contributed by atoms with Gasteiger partial charge in [0.05, 0.1) is 6.54 Å². The van der Waals surface area contributed by atoms with Crippen LogP contribution in [-0.2, 0) is 4.79 Å². The molecule has 1 atom stereocenters. The number of hydrogen-bond donors (Lipinski definition) is 2. The van der Waals surface area contributed by atoms with Gasteiger partial charge in [0, 0.05) is 29.9 Å². The molecule has 7 heteroatoms. The van der Waals surface area contributed by atoms with E-state index in [0.717, 1.165) is 31.6 Å². The number of benzene rings is 1. The molecule has 2 N–H and O–H groups in total. The molecule has 0 unspecified atom stereocenters. The Morgan fingerprint density at radius 1 is 1.16 bits per heavy atom. The summed E-state index contributed by atoms with van der Waals surface area (Å²) in [5, 5.41) is 0. The molecule has 130 valence electrons. The molecule has 2 aromatic rings. The molecule has 0 bridgehead atoms. The number of carbonyl (C=O) groups is 2. The molecule has 7 nitrogen and oxygen atoms in total. The van der Waals surface area contributed by atoms with Crippen LogP contribution in [0.1, 0.15) is 34.8 Å². The van der Waals surface area contributed by atoms with Crippen LogP contribution in [0.4, 0.5) is 0 Å². The monoisotopic (exact) mass is 339 g/mol. The van der Waals surface area contributed by atoms with Crippen LogP contribution in [0.3, 0.4) is 0 Å². The molecule has 0 spiro atoms. The quantitative estimate of drug-likeness (QED) is 0.815. The highest BCUT2D eigenvalue weighted by Gasteiger charge is 2.23. The van der Waals surface area contributed by atoms with Gasteiger partial charge in [0.15, 0.2) is 0 Å². The minimum atomic E-state index is -0.327. The van der Waals surface area contributed by atoms with Crippen molar-refractivity contribution in [3.8, 4) is 0 Å². The largest absolute Gasteiger partial charge is 0.294 e. The molecular weight excluding hydrogens is 318 g/mol. The second-order valence-electron chi connectivity index (χ2n) is 6.08. The number of amides is 2. The average molecular weight is 339 g/mol. The molecule has 1 aliphatic rings. The van der Waals surface area contributed by atoms with E-state index in [1.165, 1.54) is 0 Å². The lowest BCUT2D eigenvalue weighted by atomic mass is 9.94. The Hall–Kier alpha value is -2.80. The van der Waals surface area contributed by atoms with Crippen molar-refractivity contribution in [1.82, 2.24) is 25.7 Å². The third kappa shape index (κ3) is 4.84. The molecule has 1 aromatic carbocycles. The fourth-order valence-corrected chi connectivity index (χ4v) is 3.01. The van der Waals surface area contributed by atoms with Gasteiger partial charge in [-0.25, -0.2) is 9.97 Å². The van der Waals surface area contributed by atoms with Crippen LogP contribution in [0, 0.1) is 0 Å². The molecule has 0 aliphatic carbocycles. The smallest absolute Gasteiger partial charge is 0.269 e. The molecule has 3 rings (SSSR count). The molecule has 1 aromatic heterocycles. The molecule has 1 saturated heterocycles. The predicted molar refractivity (Wildman–Crippen MR) is 92.5 cm³/mol. The van der Waals surface area contributed by atoms with Crippen molar-refractivity contribution in [1.29, 1.82) is 0 Å². The van der Waals surface area contributed by atoms with Crippen LogP contribution in [0.15, 0.2) is 48.9 Å². The maximum absolute atomic E-state index is 12.1. The van der Waals surface area contributed by atoms with Crippen molar-refractivity contribution < 1.29 is 9.59 Å². The van der Waals surface area contributed by atoms with Crippen molar-refractivity contribution in [2.24, 2.45) is 0 Å². The van der Waals surface area contributed by atoms with Gasteiger partial charge in [-0.05, 0) is 37.6 Å². The summed E-state index contributed by atoms with van der Waals surface area (Å²) in [6.45, 7) is 1.88. The molecule has 0 saturated carbocycles. The Morgan fingerprint density at radius 2 is 2.00 bits per heavy atom. The van der Waals surface area contributed by atoms with E-state index in [9.17, 15) is 9.59 Å². The van der Waals surface area contributed by atoms with E-state index >= 15 is 0 Å². The Bertz CT molecular complexity index is 708. The van der Waals surface area contributed by atoms with E-state index in [4.69, 9.17) is 0 Å². The number of hydrogen-bond acceptors (Lipinski definition) is 5. The van der Waals surface area contributed by atoms with Crippen molar-refractivity contribution in [3.63, 3.8) is 0 Å². The van der Waals surface area contributed by atoms with Gasteiger partial charge in [0.25, 0.3) is 11.8 Å². The van der Waals surface area contributed by atoms with Crippen LogP contribution >= 0.6 is 0 Å². The highest BCUT2D eigenvalue weighted by atomic mass is 16.2. The summed E-state index contributed by atoms with van der Waals surface area (Å²) in [4.78, 5) is 34.4. The van der Waals surface area contributed by atoms with Crippen LogP contribution < -0.4 is 10.9 Å². The fraction of sp³-hybridized carbons (Fsp3) is 0.333. The predicted octanol–water partition coefficient (Wildman–Crippen LogP) is 1.12. The molecule has 1 aliphatic heterocycles. The number of hydrazine groups is 1. The van der Waals surface area contributed by atoms with Gasteiger partial charge in [-0.1, -0.05) is 18.2 Å². The Balaban J connectivity index is 1.47. The topological polar surface area (TPSA) is 87.2 Å². The SMILES string of the molecule is O=C(CN1CCC[C@@H](c2ccncn2)C1)NNC(=O)c1ccccc1. The van der Waals surface area contributed by atoms with Crippen LogP contribution in [-0.4, -0.2) is 46.3 Å². The second-order valence-corrected chi connectivity index (χ2v) is 6.08. The van der Waals surface area contributed by atoms with Gasteiger partial charge in [-0.15, -0.1) is 0 Å². The minimum absolute atomic E-state index is 0.229. The van der Waals surface area contributed by atoms with E-state index < -0.39 is 0 Å². The highest BCUT2D eigenvalue weighted by molar-refractivity contribution is 5.95. The van der Waals surface area contributed by atoms with Crippen LogP contribution in [0.2, 0.25) is 0 Å². The Morgan fingerprint density at radius 3 is 2.76 bits per heavy atom. The van der Waals surface area contributed by atoms with Crippen molar-refractivity contribution in [2.45, 2.75) is 18.8 Å². The summed E-state index contributed by atoms with van der Waals surface area (Å²) in [6, 6.07) is 10.7. The summed E-state index contributed by atoms with van der Waals surface area (Å²) in [7, 11) is 0. The second kappa shape index (κ2) is 8.34. The molecular formula is C18H21N5O2. The molecule has 1 fully saturated rings. The Kier molecular flexibility index (Phi) is 5.69. The lowest BCUT2D eigenvalue weighted by molar-refractivity contribution is -0.123. The number of nitrogens with zero attached hydrogens (tertiary/aromatic N) is 3. The van der Waals surface area contributed by atoms with E-state index in [2.05, 4.69) is 25.7 Å². The van der Waals surface area contributed by atoms with Crippen molar-refractivity contribution >= 4 is 11.8 Å². The number of carbonyl (C=O) groups excluding carboxylic acids is 2. The maximum Gasteiger partial charge on any atom is 0.269 e. The lowest BCUT2D eigenvalue weighted by Gasteiger charge is -2.31. The van der Waals surface area contributed by atoms with Crippen LogP contribution in [0.25, 0.3) is 0 Å². The first kappa shape index (κ1) is 17.0. The summed E-state index contributed by atoms with van der Waals surface area (Å²) in [5.41, 5.74) is 6.44. The average Bonchev–Trinajstić information content (AvgIpc) is 2.68. The normalized spacial score (nSPS) is 17.7. The zero-order chi connectivity index (χ0) is 17.5. The van der Waals surface area contributed by atoms with E-state index in [1.54, 1.807) is 36.8 Å². The lowest BCUT2D eigenvalue weighted by Crippen LogP contribution is -2.48. The summed E-state index contributed by atoms with van der Waals surface area (Å²) in [5.74, 6) is -0.248. The van der Waals surface area contributed by atoms with E-state index in [-0.39, 0.29) is 18.4 Å². The zero-order valence-corrected chi connectivity index (χ0v) is 13.9. The van der Waals surface area contributed by atoms with Gasteiger partial charge < -0.3 is 0 Å². The molecule has 0 radical (unpaired) electrons. The van der Waals surface area contributed by atoms with Gasteiger partial charge >= 0.3 is 0 Å². The first-order valence-electron chi connectivity index (χ1n) is 8.35. The summed E-state index contributed by atoms with van der Waals surface area (Å²) in [6.07, 6.45) is 5.37. The number of piperidine rings is 1. The van der Waals surface area contributed by atoms with Crippen molar-refractivity contribution in [2.75, 3.05) is 19.6 Å². The standard InChI is InChI=1S/C18H21N5O2/c24-17(21-22-18(25)14-5-2-1-3-6-14)12-23-10-4-7-15(11-23)16-8-9-19-13-20-16/h1-3,5-6,8-9,13,15H,4,7,10-12H2,(H,21,24)(H,22,25)/t15-/m1/s1. The summed E-state index contributed by atoms with van der Waals surface area (Å²) >= 11 is 0. The first-order chi connectivity index (χ1) is 12.2. The maximum atomic E-state index is 12.1. The number of rotatable bonds is 4. The van der Waals surface area contributed by atoms with Gasteiger partial charge in [0.2, 0.25) is 0 Å². The van der Waals surface area contributed by atoms with Crippen LogP contribution in [0.5, 0.6) is 0 Å². The molecule has 2 amide bonds. The minimum Gasteiger partial charge on any atom is -0.294 e. The number of aromatic nitrogens is 2. The van der Waals surface area contributed by atoms with E-state index in [1.807, 2.05) is 12.1 Å². The number of nitrogens with one attached hydrogen (secondary N) is 2. The van der Waals surface area contributed by atoms with Gasteiger partial charge in [0.1, 0.15) is 6.33 Å². The third-order valence-electron chi connectivity index (χ3n) is 4.25. The van der Waals surface area contributed by atoms with Crippen molar-refractivity contribution in [3.05, 3.63) is 60.2 Å². The molecule has 25 heavy (non-hydrogen) atoms. The fourth-order valence-electron chi connectivity index (χ4n) is 3.01. The van der Waals surface area contributed by atoms with Gasteiger partial charge in [-0.2, -0.15) is 0 Å². The highest BCUT2D eigenvalue weighted by Crippen LogP contribution is 2.24. The molecule has 2 heterocycles. The first-order valence-corrected chi connectivity index (χ1v) is 8.35. The van der Waals surface area contributed by atoms with E-state index in [0.29, 0.717) is 11.5 Å². The Labute approximate surface area is 146 Å². The number of likely N-dealkylation sites (tertiary alicyclic amines) is 1. The zero-order valence-electron chi connectivity index (χ0n) is 13.9. The summed E-state index contributed by atoms with van der Waals surface area (Å²) < 4.78 is 0. The van der Waals surface area contributed by atoms with Gasteiger partial charge in [-0.3, -0.25) is 25.3 Å².